The number of hydrogen-bond donors (Lipinski definition) is 2. The summed E-state index contributed by atoms with van der Waals surface area (Å²) in [7, 11) is 3.09. The molecule has 1 amide bonds. The van der Waals surface area contributed by atoms with E-state index in [2.05, 4.69) is 20.6 Å². The molecule has 0 saturated heterocycles. The van der Waals surface area contributed by atoms with Crippen molar-refractivity contribution in [2.24, 2.45) is 4.99 Å². The maximum absolute atomic E-state index is 12.1. The number of carbonyl (C=O) groups excluding carboxylic acids is 1. The van der Waals surface area contributed by atoms with Gasteiger partial charge in [-0.15, -0.1) is 0 Å². The molecule has 1 aromatic heterocycles. The van der Waals surface area contributed by atoms with E-state index >= 15 is 0 Å². The molecule has 1 rings (SSSR count). The van der Waals surface area contributed by atoms with Crippen LogP contribution in [0.5, 0.6) is 0 Å². The zero-order chi connectivity index (χ0) is 18.0. The highest BCUT2D eigenvalue weighted by Gasteiger charge is 2.26. The highest BCUT2D eigenvalue weighted by molar-refractivity contribution is 5.86. The summed E-state index contributed by atoms with van der Waals surface area (Å²) in [6.45, 7) is 0.148. The number of alkyl halides is 3. The van der Waals surface area contributed by atoms with E-state index in [1.54, 1.807) is 13.2 Å². The van der Waals surface area contributed by atoms with Crippen LogP contribution in [0.2, 0.25) is 0 Å². The van der Waals surface area contributed by atoms with E-state index in [-0.39, 0.29) is 25.0 Å². The quantitative estimate of drug-likeness (QED) is 0.576. The number of halogens is 3. The van der Waals surface area contributed by atoms with Gasteiger partial charge in [0.2, 0.25) is 5.91 Å². The second kappa shape index (κ2) is 9.74. The Bertz CT molecular complexity index is 534. The smallest absolute Gasteiger partial charge is 0.356 e. The van der Waals surface area contributed by atoms with E-state index in [0.29, 0.717) is 13.0 Å². The van der Waals surface area contributed by atoms with Crippen LogP contribution in [0.25, 0.3) is 0 Å². The molecule has 6 nitrogen and oxygen atoms in total. The van der Waals surface area contributed by atoms with Crippen LogP contribution in [-0.4, -0.2) is 61.7 Å². The molecular formula is C15H22F3N5O. The Balaban J connectivity index is 2.29. The molecule has 134 valence electrons. The van der Waals surface area contributed by atoms with Gasteiger partial charge in [0, 0.05) is 45.5 Å². The Morgan fingerprint density at radius 1 is 1.33 bits per heavy atom. The van der Waals surface area contributed by atoms with Gasteiger partial charge < -0.3 is 15.5 Å². The van der Waals surface area contributed by atoms with Gasteiger partial charge in [0.15, 0.2) is 5.96 Å². The van der Waals surface area contributed by atoms with E-state index in [1.807, 2.05) is 18.2 Å². The SMILES string of the molecule is CN=C(NCCC(F)(F)F)NCC(=O)N(C)CCc1ccccn1. The molecule has 1 aromatic rings. The maximum Gasteiger partial charge on any atom is 0.390 e. The lowest BCUT2D eigenvalue weighted by Gasteiger charge is -2.18. The van der Waals surface area contributed by atoms with Crippen molar-refractivity contribution in [2.75, 3.05) is 33.7 Å². The van der Waals surface area contributed by atoms with Crippen molar-refractivity contribution in [1.82, 2.24) is 20.5 Å². The molecule has 0 aliphatic carbocycles. The minimum atomic E-state index is -4.23. The summed E-state index contributed by atoms with van der Waals surface area (Å²) in [6.07, 6.45) is -2.88. The zero-order valence-electron chi connectivity index (χ0n) is 13.7. The molecule has 0 aromatic carbocycles. The van der Waals surface area contributed by atoms with E-state index in [4.69, 9.17) is 0 Å². The molecule has 0 bridgehead atoms. The first-order chi connectivity index (χ1) is 11.3. The molecule has 0 saturated carbocycles. The zero-order valence-corrected chi connectivity index (χ0v) is 13.7. The molecule has 0 radical (unpaired) electrons. The number of aliphatic imine (C=N–C) groups is 1. The summed E-state index contributed by atoms with van der Waals surface area (Å²) in [5.41, 5.74) is 0.884. The normalized spacial score (nSPS) is 12.0. The molecule has 2 N–H and O–H groups in total. The third kappa shape index (κ3) is 8.35. The molecule has 0 unspecified atom stereocenters. The van der Waals surface area contributed by atoms with Gasteiger partial charge in [0.05, 0.1) is 13.0 Å². The molecule has 0 spiro atoms. The Hall–Kier alpha value is -2.32. The summed E-state index contributed by atoms with van der Waals surface area (Å²) in [4.78, 5) is 21.5. The topological polar surface area (TPSA) is 69.6 Å². The third-order valence-corrected chi connectivity index (χ3v) is 3.19. The predicted molar refractivity (Wildman–Crippen MR) is 85.6 cm³/mol. The van der Waals surface area contributed by atoms with Crippen LogP contribution in [0.1, 0.15) is 12.1 Å². The van der Waals surface area contributed by atoms with Gasteiger partial charge in [-0.3, -0.25) is 14.8 Å². The molecule has 0 aliphatic rings. The number of pyridine rings is 1. The minimum absolute atomic E-state index is 0.0512. The monoisotopic (exact) mass is 345 g/mol. The second-order valence-electron chi connectivity index (χ2n) is 5.10. The number of likely N-dealkylation sites (N-methyl/N-ethyl adjacent to an activating group) is 1. The van der Waals surface area contributed by atoms with Gasteiger partial charge in [-0.1, -0.05) is 6.07 Å². The average Bonchev–Trinajstić information content (AvgIpc) is 2.55. The summed E-state index contributed by atoms with van der Waals surface area (Å²) in [6, 6.07) is 5.57. The van der Waals surface area contributed by atoms with E-state index in [1.165, 1.54) is 11.9 Å². The van der Waals surface area contributed by atoms with Gasteiger partial charge >= 0.3 is 6.18 Å². The fraction of sp³-hybridized carbons (Fsp3) is 0.533. The van der Waals surface area contributed by atoms with Crippen LogP contribution in [-0.2, 0) is 11.2 Å². The highest BCUT2D eigenvalue weighted by atomic mass is 19.4. The number of nitrogens with zero attached hydrogens (tertiary/aromatic N) is 3. The van der Waals surface area contributed by atoms with Crippen LogP contribution in [0.15, 0.2) is 29.4 Å². The van der Waals surface area contributed by atoms with Gasteiger partial charge in [0.25, 0.3) is 0 Å². The number of guanidine groups is 1. The van der Waals surface area contributed by atoms with Crippen LogP contribution in [0.3, 0.4) is 0 Å². The van der Waals surface area contributed by atoms with Crippen molar-refractivity contribution in [3.8, 4) is 0 Å². The number of hydrogen-bond acceptors (Lipinski definition) is 3. The van der Waals surface area contributed by atoms with Gasteiger partial charge in [-0.2, -0.15) is 13.2 Å². The first-order valence-electron chi connectivity index (χ1n) is 7.47. The van der Waals surface area contributed by atoms with E-state index < -0.39 is 12.6 Å². The molecule has 24 heavy (non-hydrogen) atoms. The Kier molecular flexibility index (Phi) is 8.00. The van der Waals surface area contributed by atoms with Crippen LogP contribution in [0.4, 0.5) is 13.2 Å². The van der Waals surface area contributed by atoms with E-state index in [9.17, 15) is 18.0 Å². The van der Waals surface area contributed by atoms with Crippen molar-refractivity contribution in [3.05, 3.63) is 30.1 Å². The highest BCUT2D eigenvalue weighted by Crippen LogP contribution is 2.17. The molecule has 0 atom stereocenters. The first kappa shape index (κ1) is 19.7. The first-order valence-corrected chi connectivity index (χ1v) is 7.47. The molecule has 0 fully saturated rings. The number of amides is 1. The Morgan fingerprint density at radius 3 is 2.67 bits per heavy atom. The summed E-state index contributed by atoms with van der Waals surface area (Å²) in [5, 5.41) is 5.22. The van der Waals surface area contributed by atoms with Gasteiger partial charge in [0.1, 0.15) is 0 Å². The number of nitrogens with one attached hydrogen (secondary N) is 2. The van der Waals surface area contributed by atoms with Crippen molar-refractivity contribution in [2.45, 2.75) is 19.0 Å². The van der Waals surface area contributed by atoms with Crippen LogP contribution < -0.4 is 10.6 Å². The van der Waals surface area contributed by atoms with Crippen molar-refractivity contribution < 1.29 is 18.0 Å². The minimum Gasteiger partial charge on any atom is -0.356 e. The molecule has 1 heterocycles. The maximum atomic E-state index is 12.1. The lowest BCUT2D eigenvalue weighted by molar-refractivity contribution is -0.133. The number of rotatable bonds is 7. The van der Waals surface area contributed by atoms with Crippen molar-refractivity contribution >= 4 is 11.9 Å². The number of carbonyl (C=O) groups is 1. The standard InChI is InChI=1S/C15H22F3N5O/c1-19-14(21-9-7-15(16,17)18)22-11-13(24)23(2)10-6-12-5-3-4-8-20-12/h3-5,8H,6-7,9-11H2,1-2H3,(H2,19,21,22). The predicted octanol–water partition coefficient (Wildman–Crippen LogP) is 1.20. The lowest BCUT2D eigenvalue weighted by Crippen LogP contribution is -2.44. The van der Waals surface area contributed by atoms with Crippen molar-refractivity contribution in [1.29, 1.82) is 0 Å². The summed E-state index contributed by atoms with van der Waals surface area (Å²) >= 11 is 0. The van der Waals surface area contributed by atoms with Crippen molar-refractivity contribution in [3.63, 3.8) is 0 Å². The third-order valence-electron chi connectivity index (χ3n) is 3.19. The fourth-order valence-corrected chi connectivity index (χ4v) is 1.79. The van der Waals surface area contributed by atoms with E-state index in [0.717, 1.165) is 5.69 Å². The van der Waals surface area contributed by atoms with Gasteiger partial charge in [-0.05, 0) is 12.1 Å². The second-order valence-corrected chi connectivity index (χ2v) is 5.10. The van der Waals surface area contributed by atoms with Crippen LogP contribution >= 0.6 is 0 Å². The molecular weight excluding hydrogens is 323 g/mol. The van der Waals surface area contributed by atoms with Gasteiger partial charge in [-0.25, -0.2) is 0 Å². The summed E-state index contributed by atoms with van der Waals surface area (Å²) < 4.78 is 36.3. The molecule has 9 heteroatoms. The largest absolute Gasteiger partial charge is 0.390 e. The molecule has 0 aliphatic heterocycles. The Labute approximate surface area is 139 Å². The lowest BCUT2D eigenvalue weighted by atomic mass is 10.2. The van der Waals surface area contributed by atoms with Crippen LogP contribution in [0, 0.1) is 0 Å². The fourth-order valence-electron chi connectivity index (χ4n) is 1.79. The Morgan fingerprint density at radius 2 is 2.08 bits per heavy atom. The average molecular weight is 345 g/mol. The summed E-state index contributed by atoms with van der Waals surface area (Å²) in [5.74, 6) is -0.0320. The number of aromatic nitrogens is 1.